The lowest BCUT2D eigenvalue weighted by atomic mass is 9.99. The second kappa shape index (κ2) is 5.21. The van der Waals surface area contributed by atoms with Gasteiger partial charge in [0, 0.05) is 0 Å². The summed E-state index contributed by atoms with van der Waals surface area (Å²) in [7, 11) is 0. The van der Waals surface area contributed by atoms with Crippen LogP contribution in [0.25, 0.3) is 0 Å². The molecule has 0 radical (unpaired) electrons. The molecule has 1 rings (SSSR count). The van der Waals surface area contributed by atoms with Crippen molar-refractivity contribution in [2.24, 2.45) is 11.1 Å². The molecular formula is C12H14F3NO. The predicted molar refractivity (Wildman–Crippen MR) is 59.2 cm³/mol. The van der Waals surface area contributed by atoms with E-state index in [-0.39, 0.29) is 11.6 Å². The smallest absolute Gasteiger partial charge is 0.411 e. The Balaban J connectivity index is 3.06. The van der Waals surface area contributed by atoms with Crippen molar-refractivity contribution in [2.75, 3.05) is 0 Å². The van der Waals surface area contributed by atoms with E-state index in [1.54, 1.807) is 0 Å². The summed E-state index contributed by atoms with van der Waals surface area (Å²) in [4.78, 5) is 0. The number of nitrogens with zero attached hydrogens (tertiary/aromatic N) is 1. The molecule has 5 heteroatoms. The summed E-state index contributed by atoms with van der Waals surface area (Å²) in [6, 6.07) is 4.81. The van der Waals surface area contributed by atoms with E-state index in [9.17, 15) is 13.2 Å². The summed E-state index contributed by atoms with van der Waals surface area (Å²) in [5.74, 6) is 0.204. The monoisotopic (exact) mass is 245 g/mol. The largest absolute Gasteiger partial charge is 0.416 e. The second-order valence-corrected chi connectivity index (χ2v) is 4.22. The van der Waals surface area contributed by atoms with Crippen molar-refractivity contribution in [2.45, 2.75) is 26.4 Å². The summed E-state index contributed by atoms with van der Waals surface area (Å²) in [5, 5.41) is 11.9. The van der Waals surface area contributed by atoms with Gasteiger partial charge in [0.15, 0.2) is 0 Å². The third kappa shape index (κ3) is 3.76. The Morgan fingerprint density at radius 1 is 1.35 bits per heavy atom. The lowest BCUT2D eigenvalue weighted by Crippen LogP contribution is -2.09. The van der Waals surface area contributed by atoms with Crippen LogP contribution >= 0.6 is 0 Å². The van der Waals surface area contributed by atoms with Gasteiger partial charge in [0.25, 0.3) is 0 Å². The van der Waals surface area contributed by atoms with E-state index in [1.165, 1.54) is 12.1 Å². The van der Waals surface area contributed by atoms with Crippen molar-refractivity contribution in [3.05, 3.63) is 35.4 Å². The Morgan fingerprint density at radius 3 is 2.47 bits per heavy atom. The maximum atomic E-state index is 12.5. The molecule has 0 amide bonds. The molecule has 2 nitrogen and oxygen atoms in total. The Labute approximate surface area is 97.8 Å². The molecule has 0 atom stereocenters. The zero-order valence-corrected chi connectivity index (χ0v) is 9.62. The van der Waals surface area contributed by atoms with E-state index < -0.39 is 11.7 Å². The molecule has 1 aromatic carbocycles. The van der Waals surface area contributed by atoms with Crippen molar-refractivity contribution >= 4 is 5.71 Å². The number of hydrogen-bond donors (Lipinski definition) is 1. The summed E-state index contributed by atoms with van der Waals surface area (Å²) >= 11 is 0. The van der Waals surface area contributed by atoms with Crippen LogP contribution in [0, 0.1) is 5.92 Å². The van der Waals surface area contributed by atoms with Gasteiger partial charge in [-0.2, -0.15) is 13.2 Å². The molecule has 94 valence electrons. The van der Waals surface area contributed by atoms with Crippen LogP contribution in [0.2, 0.25) is 0 Å². The number of halogens is 3. The molecule has 0 spiro atoms. The second-order valence-electron chi connectivity index (χ2n) is 4.22. The van der Waals surface area contributed by atoms with Crippen LogP contribution in [-0.4, -0.2) is 10.9 Å². The fourth-order valence-corrected chi connectivity index (χ4v) is 1.48. The van der Waals surface area contributed by atoms with Gasteiger partial charge in [-0.25, -0.2) is 0 Å². The Kier molecular flexibility index (Phi) is 4.15. The average Bonchev–Trinajstić information content (AvgIpc) is 2.24. The molecule has 0 fully saturated rings. The highest BCUT2D eigenvalue weighted by Crippen LogP contribution is 2.30. The number of oxime groups is 1. The molecule has 1 N–H and O–H groups in total. The molecule has 0 aliphatic rings. The van der Waals surface area contributed by atoms with Crippen LogP contribution in [0.4, 0.5) is 13.2 Å². The number of hydrogen-bond acceptors (Lipinski definition) is 2. The third-order valence-corrected chi connectivity index (χ3v) is 2.25. The maximum Gasteiger partial charge on any atom is 0.416 e. The van der Waals surface area contributed by atoms with Crippen molar-refractivity contribution in [3.63, 3.8) is 0 Å². The summed E-state index contributed by atoms with van der Waals surface area (Å²) in [6.07, 6.45) is -3.95. The highest BCUT2D eigenvalue weighted by molar-refractivity contribution is 6.00. The molecule has 0 saturated heterocycles. The normalized spacial score (nSPS) is 13.2. The summed E-state index contributed by atoms with van der Waals surface area (Å²) in [5.41, 5.74) is -0.165. The van der Waals surface area contributed by atoms with Gasteiger partial charge >= 0.3 is 6.18 Å². The molecule has 0 aromatic heterocycles. The van der Waals surface area contributed by atoms with Crippen LogP contribution in [0.3, 0.4) is 0 Å². The zero-order chi connectivity index (χ0) is 13.1. The molecule has 0 aliphatic carbocycles. The Bertz CT molecular complexity index is 410. The molecule has 0 saturated carbocycles. The molecular weight excluding hydrogens is 231 g/mol. The Morgan fingerprint density at radius 2 is 2.00 bits per heavy atom. The third-order valence-electron chi connectivity index (χ3n) is 2.25. The first-order valence-electron chi connectivity index (χ1n) is 5.23. The minimum Gasteiger partial charge on any atom is -0.411 e. The van der Waals surface area contributed by atoms with Crippen molar-refractivity contribution in [1.82, 2.24) is 0 Å². The quantitative estimate of drug-likeness (QED) is 0.488. The van der Waals surface area contributed by atoms with Crippen LogP contribution in [0.1, 0.15) is 31.4 Å². The van der Waals surface area contributed by atoms with Gasteiger partial charge in [-0.05, 0) is 30.0 Å². The van der Waals surface area contributed by atoms with E-state index in [0.29, 0.717) is 12.0 Å². The highest BCUT2D eigenvalue weighted by atomic mass is 19.4. The average molecular weight is 245 g/mol. The van der Waals surface area contributed by atoms with Crippen LogP contribution < -0.4 is 0 Å². The first kappa shape index (κ1) is 13.5. The molecule has 17 heavy (non-hydrogen) atoms. The highest BCUT2D eigenvalue weighted by Gasteiger charge is 2.30. The minimum absolute atomic E-state index is 0.204. The SMILES string of the molecule is CC(C)C/C(=N\O)c1cccc(C(F)(F)F)c1. The zero-order valence-electron chi connectivity index (χ0n) is 9.62. The maximum absolute atomic E-state index is 12.5. The van der Waals surface area contributed by atoms with E-state index in [2.05, 4.69) is 5.16 Å². The van der Waals surface area contributed by atoms with Crippen molar-refractivity contribution < 1.29 is 18.4 Å². The molecule has 0 bridgehead atoms. The van der Waals surface area contributed by atoms with Gasteiger partial charge < -0.3 is 5.21 Å². The standard InChI is InChI=1S/C12H14F3NO/c1-8(2)6-11(16-17)9-4-3-5-10(7-9)12(13,14)15/h3-5,7-8,17H,6H2,1-2H3/b16-11+. The van der Waals surface area contributed by atoms with Gasteiger partial charge in [0.2, 0.25) is 0 Å². The predicted octanol–water partition coefficient (Wildman–Crippen LogP) is 3.93. The van der Waals surface area contributed by atoms with E-state index in [0.717, 1.165) is 12.1 Å². The molecule has 1 aromatic rings. The van der Waals surface area contributed by atoms with Crippen LogP contribution in [0.15, 0.2) is 29.4 Å². The van der Waals surface area contributed by atoms with E-state index in [4.69, 9.17) is 5.21 Å². The minimum atomic E-state index is -4.38. The van der Waals surface area contributed by atoms with Gasteiger partial charge in [-0.1, -0.05) is 31.1 Å². The van der Waals surface area contributed by atoms with Gasteiger partial charge in [-0.15, -0.1) is 0 Å². The first-order valence-corrected chi connectivity index (χ1v) is 5.23. The lowest BCUT2D eigenvalue weighted by molar-refractivity contribution is -0.137. The fourth-order valence-electron chi connectivity index (χ4n) is 1.48. The van der Waals surface area contributed by atoms with Gasteiger partial charge in [0.1, 0.15) is 0 Å². The fraction of sp³-hybridized carbons (Fsp3) is 0.417. The van der Waals surface area contributed by atoms with E-state index >= 15 is 0 Å². The molecule has 0 unspecified atom stereocenters. The first-order chi connectivity index (χ1) is 7.84. The van der Waals surface area contributed by atoms with Crippen LogP contribution in [0.5, 0.6) is 0 Å². The Hall–Kier alpha value is -1.52. The van der Waals surface area contributed by atoms with Crippen LogP contribution in [-0.2, 0) is 6.18 Å². The topological polar surface area (TPSA) is 32.6 Å². The number of alkyl halides is 3. The molecule has 0 aliphatic heterocycles. The van der Waals surface area contributed by atoms with Gasteiger partial charge in [0.05, 0.1) is 11.3 Å². The van der Waals surface area contributed by atoms with Gasteiger partial charge in [-0.3, -0.25) is 0 Å². The van der Waals surface area contributed by atoms with E-state index in [1.807, 2.05) is 13.8 Å². The summed E-state index contributed by atoms with van der Waals surface area (Å²) in [6.45, 7) is 3.80. The number of benzene rings is 1. The molecule has 0 heterocycles. The van der Waals surface area contributed by atoms with Crippen molar-refractivity contribution in [1.29, 1.82) is 0 Å². The number of rotatable bonds is 3. The summed E-state index contributed by atoms with van der Waals surface area (Å²) < 4.78 is 37.5. The van der Waals surface area contributed by atoms with Crippen molar-refractivity contribution in [3.8, 4) is 0 Å². The lowest BCUT2D eigenvalue weighted by Gasteiger charge is -2.11.